The van der Waals surface area contributed by atoms with E-state index in [9.17, 15) is 22.8 Å². The molecular weight excluding hydrogens is 557 g/mol. The Morgan fingerprint density at radius 3 is 2.59 bits per heavy atom. The first-order valence-corrected chi connectivity index (χ1v) is 13.5. The van der Waals surface area contributed by atoms with Crippen LogP contribution in [-0.2, 0) is 24.1 Å². The predicted molar refractivity (Wildman–Crippen MR) is 149 cm³/mol. The molecular formula is C28H29F3N6O3S. The minimum Gasteiger partial charge on any atom is -0.406 e. The Labute approximate surface area is 239 Å². The number of nitrogens with one attached hydrogen (secondary N) is 2. The quantitative estimate of drug-likeness (QED) is 0.192. The zero-order chi connectivity index (χ0) is 29.7. The average Bonchev–Trinajstić information content (AvgIpc) is 3.39. The number of anilines is 1. The van der Waals surface area contributed by atoms with Gasteiger partial charge in [0.1, 0.15) is 10.8 Å². The molecule has 0 radical (unpaired) electrons. The fourth-order valence-electron chi connectivity index (χ4n) is 3.44. The van der Waals surface area contributed by atoms with E-state index >= 15 is 0 Å². The summed E-state index contributed by atoms with van der Waals surface area (Å²) in [5.74, 6) is -0.901. The number of halogens is 3. The summed E-state index contributed by atoms with van der Waals surface area (Å²) >= 11 is 1.25. The van der Waals surface area contributed by atoms with Gasteiger partial charge in [-0.15, -0.1) is 28.5 Å². The molecule has 2 N–H and O–H groups in total. The molecule has 3 aromatic rings. The van der Waals surface area contributed by atoms with Gasteiger partial charge in [-0.05, 0) is 61.6 Å². The molecule has 9 nitrogen and oxygen atoms in total. The van der Waals surface area contributed by atoms with Gasteiger partial charge in [0.2, 0.25) is 10.9 Å². The van der Waals surface area contributed by atoms with E-state index in [1.807, 2.05) is 31.2 Å². The topological polar surface area (TPSA) is 119 Å². The molecule has 0 aliphatic carbocycles. The van der Waals surface area contributed by atoms with Gasteiger partial charge in [-0.1, -0.05) is 54.4 Å². The monoisotopic (exact) mass is 586 g/mol. The molecule has 41 heavy (non-hydrogen) atoms. The number of amides is 2. The molecule has 0 saturated heterocycles. The van der Waals surface area contributed by atoms with Gasteiger partial charge in [-0.2, -0.15) is 5.10 Å². The zero-order valence-corrected chi connectivity index (χ0v) is 23.1. The van der Waals surface area contributed by atoms with Crippen LogP contribution in [0.2, 0.25) is 0 Å². The number of nitrogens with zero attached hydrogens (tertiary/aromatic N) is 4. The van der Waals surface area contributed by atoms with Crippen LogP contribution in [0.25, 0.3) is 0 Å². The number of benzene rings is 1. The fourth-order valence-corrected chi connectivity index (χ4v) is 4.24. The Morgan fingerprint density at radius 1 is 1.05 bits per heavy atom. The lowest BCUT2D eigenvalue weighted by atomic mass is 10.1. The summed E-state index contributed by atoms with van der Waals surface area (Å²) in [6, 6.07) is 8.58. The molecule has 0 bridgehead atoms. The van der Waals surface area contributed by atoms with Crippen LogP contribution in [0.3, 0.4) is 0 Å². The van der Waals surface area contributed by atoms with Crippen molar-refractivity contribution in [3.63, 3.8) is 0 Å². The van der Waals surface area contributed by atoms with Crippen molar-refractivity contribution in [3.8, 4) is 5.75 Å². The second-order valence-electron chi connectivity index (χ2n) is 8.76. The van der Waals surface area contributed by atoms with Crippen molar-refractivity contribution in [3.05, 3.63) is 94.1 Å². The van der Waals surface area contributed by atoms with Crippen molar-refractivity contribution >= 4 is 29.0 Å². The second kappa shape index (κ2) is 15.4. The number of ether oxygens (including phenoxy) is 1. The van der Waals surface area contributed by atoms with E-state index in [-0.39, 0.29) is 18.1 Å². The number of carbonyl (C=O) groups excluding carboxylic acids is 2. The summed E-state index contributed by atoms with van der Waals surface area (Å²) in [7, 11) is 0. The van der Waals surface area contributed by atoms with Crippen LogP contribution < -0.4 is 15.4 Å². The van der Waals surface area contributed by atoms with Crippen molar-refractivity contribution in [1.82, 2.24) is 25.7 Å². The lowest BCUT2D eigenvalue weighted by Crippen LogP contribution is -2.24. The van der Waals surface area contributed by atoms with Crippen LogP contribution >= 0.6 is 11.3 Å². The maximum Gasteiger partial charge on any atom is 0.573 e. The summed E-state index contributed by atoms with van der Waals surface area (Å²) in [4.78, 5) is 24.6. The number of allylic oxidation sites excluding steroid dienone is 3. The van der Waals surface area contributed by atoms with Gasteiger partial charge in [0.05, 0.1) is 12.1 Å². The predicted octanol–water partition coefficient (Wildman–Crippen LogP) is 5.39. The van der Waals surface area contributed by atoms with E-state index in [2.05, 4.69) is 42.3 Å². The normalized spacial score (nSPS) is 11.6. The SMILES string of the molecule is C=C(/C=C\C=C/C)CNC(=O)c1nnc(CCCCc2ccc(NC(=O)Cc3cccc(OC(F)(F)F)c3)nn2)s1. The third-order valence-electron chi connectivity index (χ3n) is 5.33. The Hall–Kier alpha value is -4.39. The highest BCUT2D eigenvalue weighted by Gasteiger charge is 2.31. The van der Waals surface area contributed by atoms with E-state index in [0.29, 0.717) is 30.0 Å². The molecule has 0 fully saturated rings. The summed E-state index contributed by atoms with van der Waals surface area (Å²) < 4.78 is 41.1. The maximum atomic E-state index is 12.4. The fraction of sp³-hybridized carbons (Fsp3) is 0.286. The molecule has 2 aromatic heterocycles. The van der Waals surface area contributed by atoms with Crippen molar-refractivity contribution in [1.29, 1.82) is 0 Å². The van der Waals surface area contributed by atoms with Crippen LogP contribution in [0.1, 0.15) is 45.8 Å². The standard InChI is InChI=1S/C28H29F3N6O3S/c1-3-4-5-9-19(2)18-32-26(39)27-37-36-25(41-27)13-7-6-11-21-14-15-23(35-34-21)33-24(38)17-20-10-8-12-22(16-20)40-28(29,30)31/h3-5,8-10,12,14-16H,2,6-7,11,13,17-18H2,1H3,(H,32,39)(H,33,35,38)/b4-3-,9-5-. The number of hydrogen-bond donors (Lipinski definition) is 2. The van der Waals surface area contributed by atoms with Gasteiger partial charge in [-0.3, -0.25) is 9.59 Å². The minimum absolute atomic E-state index is 0.156. The van der Waals surface area contributed by atoms with E-state index < -0.39 is 18.0 Å². The van der Waals surface area contributed by atoms with Crippen molar-refractivity contribution in [2.75, 3.05) is 11.9 Å². The zero-order valence-electron chi connectivity index (χ0n) is 22.3. The molecule has 0 atom stereocenters. The number of carbonyl (C=O) groups is 2. The third-order valence-corrected chi connectivity index (χ3v) is 6.31. The Bertz CT molecular complexity index is 1390. The van der Waals surface area contributed by atoms with Gasteiger partial charge in [-0.25, -0.2) is 0 Å². The molecule has 13 heteroatoms. The Morgan fingerprint density at radius 2 is 1.85 bits per heavy atom. The molecule has 2 heterocycles. The molecule has 0 unspecified atom stereocenters. The molecule has 2 amide bonds. The highest BCUT2D eigenvalue weighted by molar-refractivity contribution is 7.13. The average molecular weight is 587 g/mol. The van der Waals surface area contributed by atoms with Gasteiger partial charge in [0, 0.05) is 13.0 Å². The molecule has 0 aliphatic heterocycles. The Kier molecular flexibility index (Phi) is 11.7. The summed E-state index contributed by atoms with van der Waals surface area (Å²) in [5, 5.41) is 22.6. The van der Waals surface area contributed by atoms with Crippen LogP contribution in [0.5, 0.6) is 5.75 Å². The smallest absolute Gasteiger partial charge is 0.406 e. The number of rotatable bonds is 14. The van der Waals surface area contributed by atoms with Crippen molar-refractivity contribution < 1.29 is 27.5 Å². The van der Waals surface area contributed by atoms with Crippen LogP contribution in [0.15, 0.2) is 72.9 Å². The summed E-state index contributed by atoms with van der Waals surface area (Å²) in [6.45, 7) is 6.12. The van der Waals surface area contributed by atoms with E-state index in [4.69, 9.17) is 0 Å². The highest BCUT2D eigenvalue weighted by Crippen LogP contribution is 2.23. The number of alkyl halides is 3. The number of aromatic nitrogens is 4. The van der Waals surface area contributed by atoms with E-state index in [0.717, 1.165) is 41.2 Å². The number of hydrogen-bond acceptors (Lipinski definition) is 8. The Balaban J connectivity index is 1.37. The second-order valence-corrected chi connectivity index (χ2v) is 9.83. The van der Waals surface area contributed by atoms with Crippen LogP contribution in [-0.4, -0.2) is 45.1 Å². The lowest BCUT2D eigenvalue weighted by Gasteiger charge is -2.10. The largest absolute Gasteiger partial charge is 0.573 e. The van der Waals surface area contributed by atoms with Crippen molar-refractivity contribution in [2.24, 2.45) is 0 Å². The molecule has 0 saturated carbocycles. The van der Waals surface area contributed by atoms with Crippen LogP contribution in [0, 0.1) is 0 Å². The van der Waals surface area contributed by atoms with Gasteiger partial charge in [0.15, 0.2) is 5.82 Å². The van der Waals surface area contributed by atoms with Gasteiger partial charge >= 0.3 is 6.36 Å². The molecule has 3 rings (SSSR count). The van der Waals surface area contributed by atoms with E-state index in [1.54, 1.807) is 12.1 Å². The maximum absolute atomic E-state index is 12.4. The first-order valence-electron chi connectivity index (χ1n) is 12.7. The molecule has 1 aromatic carbocycles. The minimum atomic E-state index is -4.81. The first-order chi connectivity index (χ1) is 19.6. The van der Waals surface area contributed by atoms with Crippen LogP contribution in [0.4, 0.5) is 19.0 Å². The molecule has 0 aliphatic rings. The van der Waals surface area contributed by atoms with E-state index in [1.165, 1.54) is 23.5 Å². The first kappa shape index (κ1) is 31.1. The highest BCUT2D eigenvalue weighted by atomic mass is 32.1. The van der Waals surface area contributed by atoms with Gasteiger partial charge in [0.25, 0.3) is 5.91 Å². The summed E-state index contributed by atoms with van der Waals surface area (Å²) in [6.07, 6.45) is 5.41. The third kappa shape index (κ3) is 11.7. The lowest BCUT2D eigenvalue weighted by molar-refractivity contribution is -0.274. The number of aryl methyl sites for hydroxylation is 2. The van der Waals surface area contributed by atoms with Crippen molar-refractivity contribution in [2.45, 2.75) is 45.4 Å². The van der Waals surface area contributed by atoms with Gasteiger partial charge < -0.3 is 15.4 Å². The summed E-state index contributed by atoms with van der Waals surface area (Å²) in [5.41, 5.74) is 1.86. The molecule has 216 valence electrons. The number of unbranched alkanes of at least 4 members (excludes halogenated alkanes) is 1. The molecule has 0 spiro atoms.